The zero-order chi connectivity index (χ0) is 10.1. The summed E-state index contributed by atoms with van der Waals surface area (Å²) < 4.78 is 5.30. The number of fused-ring (bicyclic) bond motifs is 3. The molecule has 0 fully saturated rings. The van der Waals surface area contributed by atoms with Gasteiger partial charge in [-0.25, -0.2) is 0 Å². The van der Waals surface area contributed by atoms with Gasteiger partial charge in [0.05, 0.1) is 18.0 Å². The Bertz CT molecular complexity index is 379. The van der Waals surface area contributed by atoms with Gasteiger partial charge in [0.15, 0.2) is 0 Å². The minimum atomic E-state index is 0.469. The highest BCUT2D eigenvalue weighted by Crippen LogP contribution is 2.28. The summed E-state index contributed by atoms with van der Waals surface area (Å²) in [6.07, 6.45) is 14.7. The van der Waals surface area contributed by atoms with Crippen molar-refractivity contribution in [2.24, 2.45) is 0 Å². The summed E-state index contributed by atoms with van der Waals surface area (Å²) in [6, 6.07) is 0.469. The SMILES string of the molecule is C1=CC2=CNC=C3COC=CN3C2CC1. The van der Waals surface area contributed by atoms with Crippen LogP contribution in [0.4, 0.5) is 0 Å². The van der Waals surface area contributed by atoms with E-state index in [0.717, 1.165) is 6.42 Å². The lowest BCUT2D eigenvalue weighted by atomic mass is 9.95. The lowest BCUT2D eigenvalue weighted by Crippen LogP contribution is -2.34. The predicted molar refractivity (Wildman–Crippen MR) is 58.4 cm³/mol. The first-order valence-electron chi connectivity index (χ1n) is 5.33. The van der Waals surface area contributed by atoms with Gasteiger partial charge in [-0.2, -0.15) is 0 Å². The van der Waals surface area contributed by atoms with Crippen LogP contribution in [0.5, 0.6) is 0 Å². The second-order valence-electron chi connectivity index (χ2n) is 3.95. The maximum Gasteiger partial charge on any atom is 0.129 e. The Balaban J connectivity index is 1.99. The van der Waals surface area contributed by atoms with Crippen molar-refractivity contribution in [3.63, 3.8) is 0 Å². The fourth-order valence-electron chi connectivity index (χ4n) is 2.26. The monoisotopic (exact) mass is 202 g/mol. The molecule has 1 unspecified atom stereocenters. The van der Waals surface area contributed by atoms with E-state index in [1.165, 1.54) is 17.7 Å². The molecule has 0 aromatic rings. The standard InChI is InChI=1S/C12H14N2O/c1-2-4-12-10(3-1)7-13-8-11-9-15-6-5-14(11)12/h1,3,5-8,12-13H,2,4,9H2. The third kappa shape index (κ3) is 1.44. The molecular formula is C12H14N2O. The number of hydrogen-bond donors (Lipinski definition) is 1. The average molecular weight is 202 g/mol. The molecule has 1 N–H and O–H groups in total. The maximum atomic E-state index is 5.30. The molecule has 3 heteroatoms. The molecule has 15 heavy (non-hydrogen) atoms. The second kappa shape index (κ2) is 3.50. The topological polar surface area (TPSA) is 24.5 Å². The summed E-state index contributed by atoms with van der Waals surface area (Å²) in [4.78, 5) is 2.30. The first kappa shape index (κ1) is 8.65. The molecule has 0 spiro atoms. The number of rotatable bonds is 0. The Morgan fingerprint density at radius 1 is 1.40 bits per heavy atom. The van der Waals surface area contributed by atoms with Crippen LogP contribution >= 0.6 is 0 Å². The van der Waals surface area contributed by atoms with Crippen LogP contribution in [0, 0.1) is 0 Å². The number of nitrogens with one attached hydrogen (secondary N) is 1. The highest BCUT2D eigenvalue weighted by atomic mass is 16.5. The molecule has 0 aromatic carbocycles. The second-order valence-corrected chi connectivity index (χ2v) is 3.95. The van der Waals surface area contributed by atoms with Gasteiger partial charge < -0.3 is 15.0 Å². The lowest BCUT2D eigenvalue weighted by Gasteiger charge is -2.34. The fourth-order valence-corrected chi connectivity index (χ4v) is 2.26. The van der Waals surface area contributed by atoms with Crippen LogP contribution in [0.15, 0.2) is 48.3 Å². The number of nitrogens with zero attached hydrogens (tertiary/aromatic N) is 1. The molecule has 0 radical (unpaired) electrons. The third-order valence-corrected chi connectivity index (χ3v) is 3.02. The van der Waals surface area contributed by atoms with Gasteiger partial charge in [-0.3, -0.25) is 0 Å². The third-order valence-electron chi connectivity index (χ3n) is 3.02. The summed E-state index contributed by atoms with van der Waals surface area (Å²) in [5.41, 5.74) is 2.54. The molecule has 1 atom stereocenters. The largest absolute Gasteiger partial charge is 0.493 e. The van der Waals surface area contributed by atoms with E-state index in [4.69, 9.17) is 4.74 Å². The first-order chi connectivity index (χ1) is 7.45. The van der Waals surface area contributed by atoms with Gasteiger partial charge >= 0.3 is 0 Å². The van der Waals surface area contributed by atoms with Crippen molar-refractivity contribution in [1.29, 1.82) is 0 Å². The Morgan fingerprint density at radius 2 is 2.40 bits per heavy atom. The summed E-state index contributed by atoms with van der Waals surface area (Å²) in [5, 5.41) is 3.21. The zero-order valence-electron chi connectivity index (χ0n) is 8.52. The van der Waals surface area contributed by atoms with Crippen molar-refractivity contribution >= 4 is 0 Å². The van der Waals surface area contributed by atoms with Gasteiger partial charge in [0.2, 0.25) is 0 Å². The van der Waals surface area contributed by atoms with Crippen molar-refractivity contribution in [2.75, 3.05) is 6.61 Å². The van der Waals surface area contributed by atoms with E-state index in [-0.39, 0.29) is 0 Å². The molecule has 0 saturated carbocycles. The van der Waals surface area contributed by atoms with Gasteiger partial charge in [-0.15, -0.1) is 0 Å². The van der Waals surface area contributed by atoms with Gasteiger partial charge in [0, 0.05) is 18.6 Å². The van der Waals surface area contributed by atoms with E-state index >= 15 is 0 Å². The highest BCUT2D eigenvalue weighted by molar-refractivity contribution is 5.33. The molecule has 2 aliphatic heterocycles. The maximum absolute atomic E-state index is 5.30. The molecule has 0 amide bonds. The molecule has 0 saturated heterocycles. The summed E-state index contributed by atoms with van der Waals surface area (Å²) in [7, 11) is 0. The van der Waals surface area contributed by atoms with Crippen molar-refractivity contribution in [3.8, 4) is 0 Å². The van der Waals surface area contributed by atoms with Crippen molar-refractivity contribution in [3.05, 3.63) is 48.3 Å². The molecule has 3 aliphatic rings. The van der Waals surface area contributed by atoms with E-state index in [1.54, 1.807) is 6.26 Å². The Hall–Kier alpha value is -1.64. The first-order valence-corrected chi connectivity index (χ1v) is 5.33. The van der Waals surface area contributed by atoms with Gasteiger partial charge in [0.1, 0.15) is 6.61 Å². The lowest BCUT2D eigenvalue weighted by molar-refractivity contribution is 0.197. The summed E-state index contributed by atoms with van der Waals surface area (Å²) in [6.45, 7) is 0.658. The highest BCUT2D eigenvalue weighted by Gasteiger charge is 2.26. The Labute approximate surface area is 89.4 Å². The van der Waals surface area contributed by atoms with Crippen LogP contribution in [-0.2, 0) is 4.74 Å². The molecule has 1 aliphatic carbocycles. The molecule has 0 aromatic heterocycles. The van der Waals surface area contributed by atoms with Crippen molar-refractivity contribution < 1.29 is 4.74 Å². The van der Waals surface area contributed by atoms with Crippen LogP contribution in [0.1, 0.15) is 12.8 Å². The minimum absolute atomic E-state index is 0.469. The van der Waals surface area contributed by atoms with Gasteiger partial charge in [0.25, 0.3) is 0 Å². The molecular weight excluding hydrogens is 188 g/mol. The zero-order valence-corrected chi connectivity index (χ0v) is 8.52. The van der Waals surface area contributed by atoms with Crippen molar-refractivity contribution in [2.45, 2.75) is 18.9 Å². The Morgan fingerprint density at radius 3 is 3.40 bits per heavy atom. The summed E-state index contributed by atoms with van der Waals surface area (Å²) >= 11 is 0. The number of allylic oxidation sites excluding steroid dienone is 1. The molecule has 0 bridgehead atoms. The quantitative estimate of drug-likeness (QED) is 0.648. The minimum Gasteiger partial charge on any atom is -0.493 e. The van der Waals surface area contributed by atoms with Crippen molar-refractivity contribution in [1.82, 2.24) is 10.2 Å². The van der Waals surface area contributed by atoms with E-state index < -0.39 is 0 Å². The average Bonchev–Trinajstić information content (AvgIpc) is 2.48. The normalized spacial score (nSPS) is 27.7. The molecule has 2 heterocycles. The van der Waals surface area contributed by atoms with Crippen LogP contribution < -0.4 is 5.32 Å². The van der Waals surface area contributed by atoms with E-state index in [2.05, 4.69) is 28.6 Å². The van der Waals surface area contributed by atoms with Gasteiger partial charge in [-0.1, -0.05) is 12.2 Å². The van der Waals surface area contributed by atoms with E-state index in [1.807, 2.05) is 12.4 Å². The van der Waals surface area contributed by atoms with E-state index in [9.17, 15) is 0 Å². The number of hydrogen-bond acceptors (Lipinski definition) is 3. The summed E-state index contributed by atoms with van der Waals surface area (Å²) in [5.74, 6) is 0. The number of ether oxygens (including phenoxy) is 1. The predicted octanol–water partition coefficient (Wildman–Crippen LogP) is 1.84. The molecule has 3 rings (SSSR count). The Kier molecular flexibility index (Phi) is 2.02. The van der Waals surface area contributed by atoms with Crippen LogP contribution in [0.2, 0.25) is 0 Å². The van der Waals surface area contributed by atoms with Crippen LogP contribution in [0.3, 0.4) is 0 Å². The molecule has 78 valence electrons. The smallest absolute Gasteiger partial charge is 0.129 e. The van der Waals surface area contributed by atoms with Crippen LogP contribution in [-0.4, -0.2) is 17.5 Å². The molecule has 3 nitrogen and oxygen atoms in total. The fraction of sp³-hybridized carbons (Fsp3) is 0.333. The van der Waals surface area contributed by atoms with Crippen LogP contribution in [0.25, 0.3) is 0 Å². The van der Waals surface area contributed by atoms with E-state index in [0.29, 0.717) is 12.6 Å². The van der Waals surface area contributed by atoms with Gasteiger partial charge in [-0.05, 0) is 18.4 Å².